The highest BCUT2D eigenvalue weighted by atomic mass is 15.1. The quantitative estimate of drug-likeness (QED) is 0.857. The molecule has 1 aliphatic rings. The largest absolute Gasteiger partial charge is 0.385 e. The zero-order valence-electron chi connectivity index (χ0n) is 11.3. The molecule has 1 aromatic carbocycles. The summed E-state index contributed by atoms with van der Waals surface area (Å²) in [6, 6.07) is 7.52. The second-order valence-corrected chi connectivity index (χ2v) is 5.18. The Bertz CT molecular complexity index is 371. The zero-order chi connectivity index (χ0) is 12.3. The van der Waals surface area contributed by atoms with Gasteiger partial charge in [-0.15, -0.1) is 0 Å². The zero-order valence-corrected chi connectivity index (χ0v) is 11.3. The molecule has 0 aliphatic carbocycles. The topological polar surface area (TPSA) is 15.3 Å². The summed E-state index contributed by atoms with van der Waals surface area (Å²) >= 11 is 0. The summed E-state index contributed by atoms with van der Waals surface area (Å²) in [6.45, 7) is 10.1. The van der Waals surface area contributed by atoms with Gasteiger partial charge in [0, 0.05) is 24.8 Å². The average molecular weight is 232 g/mol. The Hall–Kier alpha value is -1.02. The standard InChI is InChI=1S/C15H24N2/c1-4-17(12(2)3)11-13-7-8-15-14(10-13)6-5-9-16-15/h7-8,10,12,16H,4-6,9,11H2,1-3H3. The molecule has 2 rings (SSSR count). The maximum Gasteiger partial charge on any atom is 0.0372 e. The van der Waals surface area contributed by atoms with E-state index in [9.17, 15) is 0 Å². The van der Waals surface area contributed by atoms with Gasteiger partial charge in [0.1, 0.15) is 0 Å². The van der Waals surface area contributed by atoms with E-state index >= 15 is 0 Å². The van der Waals surface area contributed by atoms with Gasteiger partial charge in [0.15, 0.2) is 0 Å². The van der Waals surface area contributed by atoms with E-state index in [1.807, 2.05) is 0 Å². The molecule has 2 nitrogen and oxygen atoms in total. The lowest BCUT2D eigenvalue weighted by molar-refractivity contribution is 0.225. The van der Waals surface area contributed by atoms with Crippen molar-refractivity contribution >= 4 is 5.69 Å². The van der Waals surface area contributed by atoms with Gasteiger partial charge in [-0.05, 0) is 50.4 Å². The van der Waals surface area contributed by atoms with Crippen molar-refractivity contribution in [2.75, 3.05) is 18.4 Å². The van der Waals surface area contributed by atoms with Crippen molar-refractivity contribution in [1.82, 2.24) is 4.90 Å². The summed E-state index contributed by atoms with van der Waals surface area (Å²) in [5, 5.41) is 3.47. The molecule has 0 aromatic heterocycles. The van der Waals surface area contributed by atoms with E-state index in [-0.39, 0.29) is 0 Å². The van der Waals surface area contributed by atoms with Crippen LogP contribution in [0.15, 0.2) is 18.2 Å². The van der Waals surface area contributed by atoms with Crippen LogP contribution in [0, 0.1) is 0 Å². The first kappa shape index (κ1) is 12.4. The number of nitrogens with one attached hydrogen (secondary N) is 1. The molecule has 0 amide bonds. The lowest BCUT2D eigenvalue weighted by Crippen LogP contribution is -2.30. The molecule has 1 N–H and O–H groups in total. The minimum Gasteiger partial charge on any atom is -0.385 e. The summed E-state index contributed by atoms with van der Waals surface area (Å²) in [7, 11) is 0. The molecule has 2 heteroatoms. The molecular formula is C15H24N2. The van der Waals surface area contributed by atoms with Gasteiger partial charge in [0.25, 0.3) is 0 Å². The minimum absolute atomic E-state index is 0.620. The maximum absolute atomic E-state index is 3.47. The van der Waals surface area contributed by atoms with Crippen LogP contribution in [0.4, 0.5) is 5.69 Å². The first-order valence-electron chi connectivity index (χ1n) is 6.80. The third-order valence-electron chi connectivity index (χ3n) is 3.63. The minimum atomic E-state index is 0.620. The van der Waals surface area contributed by atoms with Crippen LogP contribution in [-0.4, -0.2) is 24.0 Å². The molecule has 94 valence electrons. The fourth-order valence-electron chi connectivity index (χ4n) is 2.52. The van der Waals surface area contributed by atoms with Crippen molar-refractivity contribution < 1.29 is 0 Å². The van der Waals surface area contributed by atoms with Crippen molar-refractivity contribution in [1.29, 1.82) is 0 Å². The van der Waals surface area contributed by atoms with Crippen LogP contribution in [0.1, 0.15) is 38.3 Å². The van der Waals surface area contributed by atoms with Crippen molar-refractivity contribution in [3.05, 3.63) is 29.3 Å². The maximum atomic E-state index is 3.47. The Morgan fingerprint density at radius 2 is 2.18 bits per heavy atom. The predicted molar refractivity (Wildman–Crippen MR) is 74.5 cm³/mol. The van der Waals surface area contributed by atoms with E-state index in [4.69, 9.17) is 0 Å². The van der Waals surface area contributed by atoms with Crippen LogP contribution in [0.2, 0.25) is 0 Å². The predicted octanol–water partition coefficient (Wildman–Crippen LogP) is 3.28. The summed E-state index contributed by atoms with van der Waals surface area (Å²) in [6.07, 6.45) is 2.49. The average Bonchev–Trinajstić information content (AvgIpc) is 2.35. The molecule has 1 heterocycles. The van der Waals surface area contributed by atoms with Gasteiger partial charge in [0.05, 0.1) is 0 Å². The first-order chi connectivity index (χ1) is 8.20. The molecule has 0 saturated heterocycles. The highest BCUT2D eigenvalue weighted by Crippen LogP contribution is 2.23. The molecule has 0 spiro atoms. The van der Waals surface area contributed by atoms with Crippen LogP contribution in [0.25, 0.3) is 0 Å². The number of benzene rings is 1. The van der Waals surface area contributed by atoms with E-state index in [0.29, 0.717) is 6.04 Å². The summed E-state index contributed by atoms with van der Waals surface area (Å²) in [4.78, 5) is 2.50. The van der Waals surface area contributed by atoms with Gasteiger partial charge >= 0.3 is 0 Å². The number of nitrogens with zero attached hydrogens (tertiary/aromatic N) is 1. The van der Waals surface area contributed by atoms with Gasteiger partial charge in [0.2, 0.25) is 0 Å². The van der Waals surface area contributed by atoms with E-state index in [2.05, 4.69) is 49.2 Å². The molecule has 0 atom stereocenters. The Morgan fingerprint density at radius 1 is 1.35 bits per heavy atom. The lowest BCUT2D eigenvalue weighted by atomic mass is 10.0. The van der Waals surface area contributed by atoms with E-state index in [0.717, 1.165) is 19.6 Å². The molecule has 0 bridgehead atoms. The molecule has 0 unspecified atom stereocenters. The highest BCUT2D eigenvalue weighted by molar-refractivity contribution is 5.54. The van der Waals surface area contributed by atoms with Crippen molar-refractivity contribution in [2.45, 2.75) is 46.2 Å². The van der Waals surface area contributed by atoms with Gasteiger partial charge in [-0.1, -0.05) is 19.1 Å². The smallest absolute Gasteiger partial charge is 0.0372 e. The number of aryl methyl sites for hydroxylation is 1. The van der Waals surface area contributed by atoms with Gasteiger partial charge in [-0.25, -0.2) is 0 Å². The Balaban J connectivity index is 2.11. The Morgan fingerprint density at radius 3 is 2.88 bits per heavy atom. The Kier molecular flexibility index (Phi) is 4.06. The number of hydrogen-bond acceptors (Lipinski definition) is 2. The fraction of sp³-hybridized carbons (Fsp3) is 0.600. The monoisotopic (exact) mass is 232 g/mol. The second-order valence-electron chi connectivity index (χ2n) is 5.18. The second kappa shape index (κ2) is 5.54. The molecular weight excluding hydrogens is 208 g/mol. The number of hydrogen-bond donors (Lipinski definition) is 1. The third kappa shape index (κ3) is 3.01. The van der Waals surface area contributed by atoms with E-state index < -0.39 is 0 Å². The molecule has 0 saturated carbocycles. The van der Waals surface area contributed by atoms with Crippen LogP contribution >= 0.6 is 0 Å². The number of rotatable bonds is 4. The molecule has 0 fully saturated rings. The number of anilines is 1. The van der Waals surface area contributed by atoms with E-state index in [1.54, 1.807) is 0 Å². The van der Waals surface area contributed by atoms with Gasteiger partial charge in [-0.2, -0.15) is 0 Å². The SMILES string of the molecule is CCN(Cc1ccc2c(c1)CCCN2)C(C)C. The highest BCUT2D eigenvalue weighted by Gasteiger charge is 2.11. The fourth-order valence-corrected chi connectivity index (χ4v) is 2.52. The Labute approximate surface area is 105 Å². The van der Waals surface area contributed by atoms with Crippen molar-refractivity contribution in [2.24, 2.45) is 0 Å². The van der Waals surface area contributed by atoms with Gasteiger partial charge < -0.3 is 5.32 Å². The van der Waals surface area contributed by atoms with Crippen LogP contribution < -0.4 is 5.32 Å². The number of fused-ring (bicyclic) bond motifs is 1. The van der Waals surface area contributed by atoms with Crippen molar-refractivity contribution in [3.8, 4) is 0 Å². The molecule has 1 aliphatic heterocycles. The normalized spacial score (nSPS) is 14.9. The molecule has 17 heavy (non-hydrogen) atoms. The van der Waals surface area contributed by atoms with Crippen LogP contribution in [0.3, 0.4) is 0 Å². The third-order valence-corrected chi connectivity index (χ3v) is 3.63. The van der Waals surface area contributed by atoms with Gasteiger partial charge in [-0.3, -0.25) is 4.90 Å². The van der Waals surface area contributed by atoms with Crippen molar-refractivity contribution in [3.63, 3.8) is 0 Å². The van der Waals surface area contributed by atoms with Crippen LogP contribution in [0.5, 0.6) is 0 Å². The summed E-state index contributed by atoms with van der Waals surface area (Å²) in [5.41, 5.74) is 4.28. The summed E-state index contributed by atoms with van der Waals surface area (Å²) in [5.74, 6) is 0. The van der Waals surface area contributed by atoms with Crippen LogP contribution in [-0.2, 0) is 13.0 Å². The first-order valence-corrected chi connectivity index (χ1v) is 6.80. The lowest BCUT2D eigenvalue weighted by Gasteiger charge is -2.26. The molecule has 1 aromatic rings. The molecule has 0 radical (unpaired) electrons. The summed E-state index contributed by atoms with van der Waals surface area (Å²) < 4.78 is 0. The van der Waals surface area contributed by atoms with E-state index in [1.165, 1.54) is 29.7 Å².